The molecule has 0 aliphatic rings. The molecule has 2 nitrogen and oxygen atoms in total. The Labute approximate surface area is 148 Å². The predicted molar refractivity (Wildman–Crippen MR) is 105 cm³/mol. The van der Waals surface area contributed by atoms with Gasteiger partial charge in [-0.25, -0.2) is 0 Å². The number of carboxylic acids is 1. The zero-order chi connectivity index (χ0) is 17.7. The fourth-order valence-corrected chi connectivity index (χ4v) is 2.02. The van der Waals surface area contributed by atoms with Gasteiger partial charge in [0.25, 0.3) is 0 Å². The van der Waals surface area contributed by atoms with Gasteiger partial charge in [0.1, 0.15) is 0 Å². The van der Waals surface area contributed by atoms with Crippen molar-refractivity contribution in [2.24, 2.45) is 0 Å². The Morgan fingerprint density at radius 3 is 1.50 bits per heavy atom. The molecule has 0 aliphatic heterocycles. The van der Waals surface area contributed by atoms with E-state index in [9.17, 15) is 4.79 Å². The van der Waals surface area contributed by atoms with Crippen molar-refractivity contribution < 1.29 is 9.90 Å². The Balaban J connectivity index is 3.44. The molecular formula is C22H34O2. The first-order valence-corrected chi connectivity index (χ1v) is 9.24. The lowest BCUT2D eigenvalue weighted by Crippen LogP contribution is -1.92. The van der Waals surface area contributed by atoms with Crippen molar-refractivity contribution in [2.45, 2.75) is 71.1 Å². The summed E-state index contributed by atoms with van der Waals surface area (Å²) in [6, 6.07) is 0. The molecule has 0 atom stereocenters. The van der Waals surface area contributed by atoms with Crippen LogP contribution in [-0.2, 0) is 4.79 Å². The fourth-order valence-electron chi connectivity index (χ4n) is 2.02. The Morgan fingerprint density at radius 2 is 1.08 bits per heavy atom. The minimum Gasteiger partial charge on any atom is -0.481 e. The van der Waals surface area contributed by atoms with Crippen LogP contribution in [0.3, 0.4) is 0 Å². The largest absolute Gasteiger partial charge is 0.481 e. The molecule has 0 heterocycles. The quantitative estimate of drug-likeness (QED) is 0.265. The summed E-state index contributed by atoms with van der Waals surface area (Å²) >= 11 is 0. The van der Waals surface area contributed by atoms with E-state index < -0.39 is 5.97 Å². The maximum absolute atomic E-state index is 10.3. The van der Waals surface area contributed by atoms with Gasteiger partial charge in [0.05, 0.1) is 0 Å². The monoisotopic (exact) mass is 330 g/mol. The van der Waals surface area contributed by atoms with Gasteiger partial charge in [0.2, 0.25) is 0 Å². The van der Waals surface area contributed by atoms with Crippen LogP contribution in [0.25, 0.3) is 0 Å². The molecule has 0 radical (unpaired) electrons. The molecule has 0 aromatic rings. The van der Waals surface area contributed by atoms with Gasteiger partial charge in [-0.1, -0.05) is 74.1 Å². The Morgan fingerprint density at radius 1 is 0.667 bits per heavy atom. The van der Waals surface area contributed by atoms with Crippen molar-refractivity contribution in [3.05, 3.63) is 60.8 Å². The molecule has 134 valence electrons. The first-order valence-electron chi connectivity index (χ1n) is 9.24. The van der Waals surface area contributed by atoms with Crippen LogP contribution in [-0.4, -0.2) is 11.1 Å². The van der Waals surface area contributed by atoms with Gasteiger partial charge < -0.3 is 5.11 Å². The van der Waals surface area contributed by atoms with Crippen molar-refractivity contribution in [1.29, 1.82) is 0 Å². The lowest BCUT2D eigenvalue weighted by molar-refractivity contribution is -0.137. The highest BCUT2D eigenvalue weighted by Gasteiger charge is 1.93. The van der Waals surface area contributed by atoms with Gasteiger partial charge in [-0.3, -0.25) is 4.79 Å². The number of aliphatic carboxylic acids is 1. The molecular weight excluding hydrogens is 296 g/mol. The smallest absolute Gasteiger partial charge is 0.303 e. The third kappa shape index (κ3) is 20.2. The summed E-state index contributed by atoms with van der Waals surface area (Å²) in [6.07, 6.45) is 31.3. The van der Waals surface area contributed by atoms with Crippen LogP contribution in [0.2, 0.25) is 0 Å². The molecule has 0 aromatic heterocycles. The average Bonchev–Trinajstić information content (AvgIpc) is 2.56. The summed E-state index contributed by atoms with van der Waals surface area (Å²) in [4.78, 5) is 10.3. The van der Waals surface area contributed by atoms with Gasteiger partial charge in [0, 0.05) is 6.42 Å². The number of hydrogen-bond acceptors (Lipinski definition) is 1. The number of rotatable bonds is 15. The van der Waals surface area contributed by atoms with Crippen molar-refractivity contribution in [3.63, 3.8) is 0 Å². The average molecular weight is 331 g/mol. The van der Waals surface area contributed by atoms with E-state index in [1.807, 2.05) is 0 Å². The SMILES string of the molecule is CCCC=CCC=CCC=CCC=CCC=CCCCCC(=O)O. The minimum absolute atomic E-state index is 0.283. The van der Waals surface area contributed by atoms with Crippen molar-refractivity contribution in [2.75, 3.05) is 0 Å². The number of hydrogen-bond donors (Lipinski definition) is 1. The topological polar surface area (TPSA) is 37.3 Å². The molecule has 0 saturated heterocycles. The molecule has 0 unspecified atom stereocenters. The standard InChI is InChI=1S/C22H34O2/c1-2-3-4-5-6-7-8-9-10-11-12-13-14-15-16-17-18-19-20-21-22(23)24/h4-5,7-8,10-11,13-14,16-17H,2-3,6,9,12,15,18-21H2,1H3,(H,23,24). The lowest BCUT2D eigenvalue weighted by atomic mass is 10.2. The van der Waals surface area contributed by atoms with E-state index in [0.29, 0.717) is 0 Å². The van der Waals surface area contributed by atoms with Crippen LogP contribution in [0.15, 0.2) is 60.8 Å². The van der Waals surface area contributed by atoms with Gasteiger partial charge in [-0.2, -0.15) is 0 Å². The first-order chi connectivity index (χ1) is 11.8. The minimum atomic E-state index is -0.700. The van der Waals surface area contributed by atoms with Gasteiger partial charge in [-0.05, 0) is 51.4 Å². The number of carbonyl (C=O) groups is 1. The van der Waals surface area contributed by atoms with E-state index in [1.165, 1.54) is 12.8 Å². The molecule has 1 N–H and O–H groups in total. The van der Waals surface area contributed by atoms with Crippen LogP contribution in [0, 0.1) is 0 Å². The van der Waals surface area contributed by atoms with Crippen LogP contribution in [0.4, 0.5) is 0 Å². The number of carboxylic acid groups (broad SMARTS) is 1. The maximum Gasteiger partial charge on any atom is 0.303 e. The lowest BCUT2D eigenvalue weighted by Gasteiger charge is -1.92. The van der Waals surface area contributed by atoms with Crippen LogP contribution in [0.5, 0.6) is 0 Å². The molecule has 0 amide bonds. The van der Waals surface area contributed by atoms with Crippen LogP contribution >= 0.6 is 0 Å². The van der Waals surface area contributed by atoms with E-state index in [2.05, 4.69) is 67.7 Å². The molecule has 0 aromatic carbocycles. The third-order valence-electron chi connectivity index (χ3n) is 3.39. The van der Waals surface area contributed by atoms with Gasteiger partial charge in [-0.15, -0.1) is 0 Å². The van der Waals surface area contributed by atoms with E-state index in [1.54, 1.807) is 0 Å². The molecule has 0 aliphatic carbocycles. The van der Waals surface area contributed by atoms with Crippen molar-refractivity contribution in [1.82, 2.24) is 0 Å². The Kier molecular flexibility index (Phi) is 17.8. The molecule has 0 saturated carbocycles. The summed E-state index contributed by atoms with van der Waals surface area (Å²) in [6.45, 7) is 2.20. The van der Waals surface area contributed by atoms with Crippen LogP contribution in [0.1, 0.15) is 71.1 Å². The van der Waals surface area contributed by atoms with Crippen molar-refractivity contribution >= 4 is 5.97 Å². The van der Waals surface area contributed by atoms with E-state index >= 15 is 0 Å². The molecule has 0 rings (SSSR count). The third-order valence-corrected chi connectivity index (χ3v) is 3.39. The van der Waals surface area contributed by atoms with Crippen molar-refractivity contribution in [3.8, 4) is 0 Å². The normalized spacial score (nSPS) is 12.7. The Bertz CT molecular complexity index is 425. The van der Waals surface area contributed by atoms with E-state index in [4.69, 9.17) is 5.11 Å². The second-order valence-corrected chi connectivity index (χ2v) is 5.73. The zero-order valence-electron chi connectivity index (χ0n) is 15.2. The number of allylic oxidation sites excluding steroid dienone is 10. The highest BCUT2D eigenvalue weighted by atomic mass is 16.4. The van der Waals surface area contributed by atoms with E-state index in [0.717, 1.165) is 44.9 Å². The highest BCUT2D eigenvalue weighted by Crippen LogP contribution is 2.01. The molecule has 0 bridgehead atoms. The van der Waals surface area contributed by atoms with Gasteiger partial charge in [0.15, 0.2) is 0 Å². The maximum atomic E-state index is 10.3. The van der Waals surface area contributed by atoms with Gasteiger partial charge >= 0.3 is 5.97 Å². The summed E-state index contributed by atoms with van der Waals surface area (Å²) in [5.74, 6) is -0.700. The summed E-state index contributed by atoms with van der Waals surface area (Å²) in [7, 11) is 0. The molecule has 24 heavy (non-hydrogen) atoms. The molecule has 0 fully saturated rings. The molecule has 0 spiro atoms. The summed E-state index contributed by atoms with van der Waals surface area (Å²) in [5, 5.41) is 8.52. The first kappa shape index (κ1) is 22.2. The summed E-state index contributed by atoms with van der Waals surface area (Å²) in [5.41, 5.74) is 0. The predicted octanol–water partition coefficient (Wildman–Crippen LogP) is 6.77. The Hall–Kier alpha value is -1.83. The zero-order valence-corrected chi connectivity index (χ0v) is 15.2. The summed E-state index contributed by atoms with van der Waals surface area (Å²) < 4.78 is 0. The number of unbranched alkanes of at least 4 members (excludes halogenated alkanes) is 3. The van der Waals surface area contributed by atoms with E-state index in [-0.39, 0.29) is 6.42 Å². The second-order valence-electron chi connectivity index (χ2n) is 5.73. The van der Waals surface area contributed by atoms with Crippen LogP contribution < -0.4 is 0 Å². The molecule has 2 heteroatoms. The fraction of sp³-hybridized carbons (Fsp3) is 0.500. The highest BCUT2D eigenvalue weighted by molar-refractivity contribution is 5.66. The second kappa shape index (κ2) is 19.2.